The van der Waals surface area contributed by atoms with E-state index in [1.807, 2.05) is 13.8 Å². The molecule has 7 nitrogen and oxygen atoms in total. The van der Waals surface area contributed by atoms with Crippen molar-refractivity contribution in [2.75, 3.05) is 6.54 Å². The van der Waals surface area contributed by atoms with Crippen LogP contribution in [0.15, 0.2) is 22.7 Å². The van der Waals surface area contributed by atoms with Crippen LogP contribution in [0.1, 0.15) is 33.8 Å². The Hall–Kier alpha value is -2.70. The molecular formula is C15H17N5O2. The van der Waals surface area contributed by atoms with Crippen LogP contribution in [0, 0.1) is 13.8 Å². The van der Waals surface area contributed by atoms with Crippen LogP contribution in [0.5, 0.6) is 0 Å². The molecule has 0 aliphatic heterocycles. The van der Waals surface area contributed by atoms with E-state index in [1.165, 1.54) is 0 Å². The van der Waals surface area contributed by atoms with Crippen molar-refractivity contribution < 1.29 is 9.32 Å². The lowest BCUT2D eigenvalue weighted by Crippen LogP contribution is -2.24. The van der Waals surface area contributed by atoms with E-state index in [0.717, 1.165) is 35.4 Å². The highest BCUT2D eigenvalue weighted by Crippen LogP contribution is 2.14. The number of carbonyl (C=O) groups excluding carboxylic acids is 1. The minimum absolute atomic E-state index is 0.108. The van der Waals surface area contributed by atoms with Crippen molar-refractivity contribution in [2.24, 2.45) is 0 Å². The fourth-order valence-electron chi connectivity index (χ4n) is 2.41. The SMILES string of the molecule is Cc1noc(C)c1CCCNC(=O)c1ccc2n[nH]nc2c1. The van der Waals surface area contributed by atoms with E-state index in [0.29, 0.717) is 17.6 Å². The first-order chi connectivity index (χ1) is 10.6. The molecule has 2 heterocycles. The number of amides is 1. The third kappa shape index (κ3) is 2.83. The van der Waals surface area contributed by atoms with Crippen molar-refractivity contribution in [1.29, 1.82) is 0 Å². The lowest BCUT2D eigenvalue weighted by atomic mass is 10.1. The van der Waals surface area contributed by atoms with Gasteiger partial charge in [-0.2, -0.15) is 15.4 Å². The Morgan fingerprint density at radius 3 is 2.86 bits per heavy atom. The van der Waals surface area contributed by atoms with E-state index >= 15 is 0 Å². The first-order valence-corrected chi connectivity index (χ1v) is 7.15. The second kappa shape index (κ2) is 5.97. The van der Waals surface area contributed by atoms with E-state index in [-0.39, 0.29) is 5.91 Å². The third-order valence-electron chi connectivity index (χ3n) is 3.65. The number of rotatable bonds is 5. The zero-order valence-corrected chi connectivity index (χ0v) is 12.5. The molecule has 0 aliphatic rings. The Labute approximate surface area is 127 Å². The number of hydrogen-bond donors (Lipinski definition) is 2. The summed E-state index contributed by atoms with van der Waals surface area (Å²) in [6.45, 7) is 4.43. The third-order valence-corrected chi connectivity index (χ3v) is 3.65. The zero-order valence-electron chi connectivity index (χ0n) is 12.5. The van der Waals surface area contributed by atoms with Gasteiger partial charge in [-0.05, 0) is 44.9 Å². The molecule has 3 rings (SSSR count). The van der Waals surface area contributed by atoms with Gasteiger partial charge in [0.05, 0.1) is 5.69 Å². The van der Waals surface area contributed by atoms with Gasteiger partial charge >= 0.3 is 0 Å². The van der Waals surface area contributed by atoms with Crippen LogP contribution in [0.2, 0.25) is 0 Å². The maximum absolute atomic E-state index is 12.1. The molecule has 2 N–H and O–H groups in total. The summed E-state index contributed by atoms with van der Waals surface area (Å²) in [4.78, 5) is 12.1. The van der Waals surface area contributed by atoms with Crippen LogP contribution in [0.25, 0.3) is 11.0 Å². The van der Waals surface area contributed by atoms with Crippen LogP contribution in [0.4, 0.5) is 0 Å². The average molecular weight is 299 g/mol. The number of carbonyl (C=O) groups is 1. The number of nitrogens with one attached hydrogen (secondary N) is 2. The summed E-state index contributed by atoms with van der Waals surface area (Å²) in [6, 6.07) is 5.24. The highest BCUT2D eigenvalue weighted by Gasteiger charge is 2.10. The van der Waals surface area contributed by atoms with Gasteiger partial charge in [0, 0.05) is 17.7 Å². The second-order valence-electron chi connectivity index (χ2n) is 5.19. The quantitative estimate of drug-likeness (QED) is 0.702. The van der Waals surface area contributed by atoms with Crippen molar-refractivity contribution in [3.05, 3.63) is 40.8 Å². The summed E-state index contributed by atoms with van der Waals surface area (Å²) in [7, 11) is 0. The van der Waals surface area contributed by atoms with Crippen LogP contribution in [-0.2, 0) is 6.42 Å². The number of aromatic amines is 1. The fraction of sp³-hybridized carbons (Fsp3) is 0.333. The van der Waals surface area contributed by atoms with Crippen LogP contribution >= 0.6 is 0 Å². The van der Waals surface area contributed by atoms with Gasteiger partial charge in [-0.25, -0.2) is 0 Å². The first-order valence-electron chi connectivity index (χ1n) is 7.15. The van der Waals surface area contributed by atoms with Crippen molar-refractivity contribution in [3.8, 4) is 0 Å². The lowest BCUT2D eigenvalue weighted by molar-refractivity contribution is 0.0953. The summed E-state index contributed by atoms with van der Waals surface area (Å²) in [5, 5.41) is 17.3. The van der Waals surface area contributed by atoms with Gasteiger partial charge in [-0.1, -0.05) is 5.16 Å². The van der Waals surface area contributed by atoms with Crippen molar-refractivity contribution in [2.45, 2.75) is 26.7 Å². The predicted molar refractivity (Wildman–Crippen MR) is 80.5 cm³/mol. The van der Waals surface area contributed by atoms with E-state index in [1.54, 1.807) is 18.2 Å². The number of fused-ring (bicyclic) bond motifs is 1. The molecule has 0 bridgehead atoms. The summed E-state index contributed by atoms with van der Waals surface area (Å²) in [5.74, 6) is 0.740. The largest absolute Gasteiger partial charge is 0.361 e. The molecule has 1 amide bonds. The van der Waals surface area contributed by atoms with Crippen LogP contribution < -0.4 is 5.32 Å². The Morgan fingerprint density at radius 1 is 1.27 bits per heavy atom. The molecule has 0 spiro atoms. The monoisotopic (exact) mass is 299 g/mol. The molecule has 114 valence electrons. The summed E-state index contributed by atoms with van der Waals surface area (Å²) >= 11 is 0. The maximum Gasteiger partial charge on any atom is 0.251 e. The number of aryl methyl sites for hydroxylation is 2. The number of aromatic nitrogens is 4. The molecule has 3 aromatic rings. The Kier molecular flexibility index (Phi) is 3.86. The molecule has 0 saturated heterocycles. The average Bonchev–Trinajstić information content (AvgIpc) is 3.10. The van der Waals surface area contributed by atoms with Gasteiger partial charge in [-0.3, -0.25) is 4.79 Å². The Balaban J connectivity index is 1.54. The highest BCUT2D eigenvalue weighted by molar-refractivity contribution is 5.97. The summed E-state index contributed by atoms with van der Waals surface area (Å²) in [5.41, 5.74) is 4.05. The van der Waals surface area contributed by atoms with Crippen molar-refractivity contribution in [3.63, 3.8) is 0 Å². The molecule has 22 heavy (non-hydrogen) atoms. The number of benzene rings is 1. The van der Waals surface area contributed by atoms with E-state index in [4.69, 9.17) is 4.52 Å². The van der Waals surface area contributed by atoms with Crippen molar-refractivity contribution >= 4 is 16.9 Å². The first kappa shape index (κ1) is 14.2. The Morgan fingerprint density at radius 2 is 2.09 bits per heavy atom. The van der Waals surface area contributed by atoms with Gasteiger partial charge in [0.2, 0.25) is 0 Å². The molecular weight excluding hydrogens is 282 g/mol. The minimum atomic E-state index is -0.108. The molecule has 0 saturated carbocycles. The van der Waals surface area contributed by atoms with E-state index < -0.39 is 0 Å². The minimum Gasteiger partial charge on any atom is -0.361 e. The molecule has 7 heteroatoms. The van der Waals surface area contributed by atoms with E-state index in [9.17, 15) is 4.79 Å². The van der Waals surface area contributed by atoms with E-state index in [2.05, 4.69) is 25.9 Å². The van der Waals surface area contributed by atoms with Crippen molar-refractivity contribution in [1.82, 2.24) is 25.9 Å². The topological polar surface area (TPSA) is 96.7 Å². The number of hydrogen-bond acceptors (Lipinski definition) is 5. The molecule has 1 aromatic carbocycles. The highest BCUT2D eigenvalue weighted by atomic mass is 16.5. The molecule has 0 unspecified atom stereocenters. The van der Waals surface area contributed by atoms with Gasteiger partial charge in [0.25, 0.3) is 5.91 Å². The number of nitrogens with zero attached hydrogens (tertiary/aromatic N) is 3. The van der Waals surface area contributed by atoms with Gasteiger partial charge in [0.1, 0.15) is 16.8 Å². The Bertz CT molecular complexity index is 786. The standard InChI is InChI=1S/C15H17N5O2/c1-9-12(10(2)22-19-9)4-3-7-16-15(21)11-5-6-13-14(8-11)18-20-17-13/h5-6,8H,3-4,7H2,1-2H3,(H,16,21)(H,17,18,20). The zero-order chi connectivity index (χ0) is 15.5. The molecule has 0 aliphatic carbocycles. The predicted octanol–water partition coefficient (Wildman–Crippen LogP) is 1.93. The molecule has 2 aromatic heterocycles. The molecule has 0 atom stereocenters. The molecule has 0 fully saturated rings. The molecule has 0 radical (unpaired) electrons. The lowest BCUT2D eigenvalue weighted by Gasteiger charge is -2.05. The van der Waals surface area contributed by atoms with Crippen LogP contribution in [-0.4, -0.2) is 33.0 Å². The number of H-pyrrole nitrogens is 1. The van der Waals surface area contributed by atoms with Gasteiger partial charge in [-0.15, -0.1) is 0 Å². The smallest absolute Gasteiger partial charge is 0.251 e. The van der Waals surface area contributed by atoms with Gasteiger partial charge in [0.15, 0.2) is 0 Å². The summed E-state index contributed by atoms with van der Waals surface area (Å²) < 4.78 is 5.12. The fourth-order valence-corrected chi connectivity index (χ4v) is 2.41. The maximum atomic E-state index is 12.1. The normalized spacial score (nSPS) is 11.0. The second-order valence-corrected chi connectivity index (χ2v) is 5.19. The summed E-state index contributed by atoms with van der Waals surface area (Å²) in [6.07, 6.45) is 1.67. The van der Waals surface area contributed by atoms with Gasteiger partial charge < -0.3 is 9.84 Å². The van der Waals surface area contributed by atoms with Crippen LogP contribution in [0.3, 0.4) is 0 Å².